The fraction of sp³-hybridized carbons (Fsp3) is 0.462. The van der Waals surface area contributed by atoms with E-state index in [1.54, 1.807) is 7.11 Å². The van der Waals surface area contributed by atoms with Gasteiger partial charge in [0.25, 0.3) is 0 Å². The van der Waals surface area contributed by atoms with Crippen LogP contribution in [-0.2, 0) is 16.0 Å². The van der Waals surface area contributed by atoms with E-state index in [1.807, 2.05) is 66.1 Å². The van der Waals surface area contributed by atoms with Gasteiger partial charge in [0.2, 0.25) is 11.8 Å². The monoisotopic (exact) mass is 438 g/mol. The highest BCUT2D eigenvalue weighted by molar-refractivity contribution is 5.79. The first kappa shape index (κ1) is 23.6. The number of para-hydroxylation sites is 1. The van der Waals surface area contributed by atoms with Crippen molar-refractivity contribution < 1.29 is 19.1 Å². The number of amides is 2. The van der Waals surface area contributed by atoms with Crippen LogP contribution in [0, 0.1) is 13.8 Å². The van der Waals surface area contributed by atoms with Crippen molar-refractivity contribution in [3.63, 3.8) is 0 Å². The molecule has 0 N–H and O–H groups in total. The van der Waals surface area contributed by atoms with E-state index in [9.17, 15) is 9.59 Å². The molecule has 3 rings (SSSR count). The molecule has 0 radical (unpaired) electrons. The topological polar surface area (TPSA) is 59.1 Å². The van der Waals surface area contributed by atoms with Gasteiger partial charge in [0.15, 0.2) is 0 Å². The third-order valence-electron chi connectivity index (χ3n) is 5.91. The molecule has 0 spiro atoms. The minimum Gasteiger partial charge on any atom is -0.497 e. The summed E-state index contributed by atoms with van der Waals surface area (Å²) in [7, 11) is 1.63. The van der Waals surface area contributed by atoms with Crippen molar-refractivity contribution >= 4 is 11.8 Å². The Balaban J connectivity index is 1.41. The number of aryl methyl sites for hydroxylation is 2. The average molecular weight is 439 g/mol. The molecule has 6 heteroatoms. The van der Waals surface area contributed by atoms with Gasteiger partial charge in [-0.15, -0.1) is 0 Å². The van der Waals surface area contributed by atoms with Crippen LogP contribution < -0.4 is 9.47 Å². The highest BCUT2D eigenvalue weighted by Gasteiger charge is 2.22. The molecule has 1 heterocycles. The maximum atomic E-state index is 12.7. The third kappa shape index (κ3) is 6.49. The number of benzene rings is 2. The summed E-state index contributed by atoms with van der Waals surface area (Å²) in [6.07, 6.45) is 2.32. The highest BCUT2D eigenvalue weighted by atomic mass is 16.5. The SMILES string of the molecule is COc1ccc(CC(=O)N2CCCN(C(=O)CCCOc3c(C)cccc3C)CC2)cc1. The normalized spacial score (nSPS) is 14.1. The highest BCUT2D eigenvalue weighted by Crippen LogP contribution is 2.22. The van der Waals surface area contributed by atoms with Gasteiger partial charge in [-0.2, -0.15) is 0 Å². The lowest BCUT2D eigenvalue weighted by Crippen LogP contribution is -2.38. The largest absolute Gasteiger partial charge is 0.497 e. The molecule has 1 aliphatic heterocycles. The predicted octanol–water partition coefficient (Wildman–Crippen LogP) is 3.77. The first-order chi connectivity index (χ1) is 15.5. The number of hydrogen-bond donors (Lipinski definition) is 0. The first-order valence-electron chi connectivity index (χ1n) is 11.4. The van der Waals surface area contributed by atoms with Gasteiger partial charge in [-0.25, -0.2) is 0 Å². The second-order valence-electron chi connectivity index (χ2n) is 8.31. The minimum atomic E-state index is 0.103. The Labute approximate surface area is 191 Å². The Morgan fingerprint density at radius 2 is 1.50 bits per heavy atom. The molecule has 0 aliphatic carbocycles. The number of methoxy groups -OCH3 is 1. The number of carbonyl (C=O) groups excluding carboxylic acids is 2. The lowest BCUT2D eigenvalue weighted by atomic mass is 10.1. The molecule has 6 nitrogen and oxygen atoms in total. The van der Waals surface area contributed by atoms with E-state index in [0.29, 0.717) is 52.0 Å². The summed E-state index contributed by atoms with van der Waals surface area (Å²) in [4.78, 5) is 29.2. The third-order valence-corrected chi connectivity index (χ3v) is 5.91. The molecule has 1 saturated heterocycles. The zero-order valence-corrected chi connectivity index (χ0v) is 19.4. The predicted molar refractivity (Wildman–Crippen MR) is 125 cm³/mol. The van der Waals surface area contributed by atoms with Crippen LogP contribution in [0.2, 0.25) is 0 Å². The second kappa shape index (κ2) is 11.6. The Hall–Kier alpha value is -3.02. The number of hydrogen-bond acceptors (Lipinski definition) is 4. The van der Waals surface area contributed by atoms with E-state index in [1.165, 1.54) is 0 Å². The van der Waals surface area contributed by atoms with Crippen LogP contribution in [0.3, 0.4) is 0 Å². The summed E-state index contributed by atoms with van der Waals surface area (Å²) < 4.78 is 11.1. The zero-order valence-electron chi connectivity index (χ0n) is 19.4. The van der Waals surface area contributed by atoms with Crippen LogP contribution in [0.1, 0.15) is 36.0 Å². The Morgan fingerprint density at radius 1 is 0.875 bits per heavy atom. The van der Waals surface area contributed by atoms with Crippen molar-refractivity contribution in [2.24, 2.45) is 0 Å². The molecule has 0 atom stereocenters. The second-order valence-corrected chi connectivity index (χ2v) is 8.31. The summed E-state index contributed by atoms with van der Waals surface area (Å²) in [6.45, 7) is 7.15. The fourth-order valence-electron chi connectivity index (χ4n) is 4.03. The van der Waals surface area contributed by atoms with E-state index in [0.717, 1.165) is 34.6 Å². The van der Waals surface area contributed by atoms with Crippen LogP contribution in [-0.4, -0.2) is 61.5 Å². The van der Waals surface area contributed by atoms with Gasteiger partial charge >= 0.3 is 0 Å². The molecule has 0 unspecified atom stereocenters. The molecule has 0 saturated carbocycles. The number of rotatable bonds is 8. The standard InChI is InChI=1S/C26H34N2O4/c1-20-7-4-8-21(2)26(20)32-18-5-9-24(29)27-14-6-15-28(17-16-27)25(30)19-22-10-12-23(31-3)13-11-22/h4,7-8,10-13H,5-6,9,14-19H2,1-3H3. The molecule has 2 aromatic carbocycles. The minimum absolute atomic E-state index is 0.103. The fourth-order valence-corrected chi connectivity index (χ4v) is 4.03. The van der Waals surface area contributed by atoms with Crippen molar-refractivity contribution in [3.05, 3.63) is 59.2 Å². The summed E-state index contributed by atoms with van der Waals surface area (Å²) >= 11 is 0. The van der Waals surface area contributed by atoms with E-state index in [-0.39, 0.29) is 11.8 Å². The van der Waals surface area contributed by atoms with Gasteiger partial charge in [0.1, 0.15) is 11.5 Å². The molecular formula is C26H34N2O4. The average Bonchev–Trinajstić information content (AvgIpc) is 3.05. The summed E-state index contributed by atoms with van der Waals surface area (Å²) in [5, 5.41) is 0. The van der Waals surface area contributed by atoms with E-state index in [2.05, 4.69) is 0 Å². The molecule has 32 heavy (non-hydrogen) atoms. The van der Waals surface area contributed by atoms with Gasteiger partial charge in [0.05, 0.1) is 20.1 Å². The zero-order chi connectivity index (χ0) is 22.9. The molecule has 1 fully saturated rings. The lowest BCUT2D eigenvalue weighted by Gasteiger charge is -2.22. The van der Waals surface area contributed by atoms with Crippen molar-refractivity contribution in [3.8, 4) is 11.5 Å². The smallest absolute Gasteiger partial charge is 0.227 e. The summed E-state index contributed by atoms with van der Waals surface area (Å²) in [5.41, 5.74) is 3.20. The molecule has 2 amide bonds. The van der Waals surface area contributed by atoms with Gasteiger partial charge < -0.3 is 19.3 Å². The van der Waals surface area contributed by atoms with Crippen molar-refractivity contribution in [1.29, 1.82) is 0 Å². The Morgan fingerprint density at radius 3 is 2.12 bits per heavy atom. The molecule has 1 aliphatic rings. The number of nitrogens with zero attached hydrogens (tertiary/aromatic N) is 2. The summed E-state index contributed by atoms with van der Waals surface area (Å²) in [6, 6.07) is 13.7. The Bertz CT molecular complexity index is 890. The van der Waals surface area contributed by atoms with Crippen LogP contribution in [0.4, 0.5) is 0 Å². The van der Waals surface area contributed by atoms with Crippen molar-refractivity contribution in [1.82, 2.24) is 9.80 Å². The van der Waals surface area contributed by atoms with Gasteiger partial charge in [-0.3, -0.25) is 9.59 Å². The van der Waals surface area contributed by atoms with E-state index >= 15 is 0 Å². The maximum absolute atomic E-state index is 12.7. The molecule has 2 aromatic rings. The molecule has 0 aromatic heterocycles. The van der Waals surface area contributed by atoms with Gasteiger partial charge in [-0.05, 0) is 55.5 Å². The molecule has 0 bridgehead atoms. The van der Waals surface area contributed by atoms with Crippen LogP contribution in [0.5, 0.6) is 11.5 Å². The number of carbonyl (C=O) groups is 2. The lowest BCUT2D eigenvalue weighted by molar-refractivity contribution is -0.133. The van der Waals surface area contributed by atoms with Crippen molar-refractivity contribution in [2.75, 3.05) is 39.9 Å². The number of ether oxygens (including phenoxy) is 2. The van der Waals surface area contributed by atoms with Crippen molar-refractivity contribution in [2.45, 2.75) is 39.5 Å². The van der Waals surface area contributed by atoms with E-state index < -0.39 is 0 Å². The maximum Gasteiger partial charge on any atom is 0.227 e. The quantitative estimate of drug-likeness (QED) is 0.589. The molecule has 172 valence electrons. The first-order valence-corrected chi connectivity index (χ1v) is 11.4. The van der Waals surface area contributed by atoms with Crippen LogP contribution in [0.15, 0.2) is 42.5 Å². The van der Waals surface area contributed by atoms with Gasteiger partial charge in [-0.1, -0.05) is 30.3 Å². The van der Waals surface area contributed by atoms with Gasteiger partial charge in [0, 0.05) is 32.6 Å². The van der Waals surface area contributed by atoms with Crippen LogP contribution >= 0.6 is 0 Å². The molecular weight excluding hydrogens is 404 g/mol. The summed E-state index contributed by atoms with van der Waals surface area (Å²) in [5.74, 6) is 1.94. The van der Waals surface area contributed by atoms with Crippen LogP contribution in [0.25, 0.3) is 0 Å². The Kier molecular flexibility index (Phi) is 8.54. The van der Waals surface area contributed by atoms with E-state index in [4.69, 9.17) is 9.47 Å².